The van der Waals surface area contributed by atoms with Crippen LogP contribution >= 0.6 is 0 Å². The molecule has 0 aromatic heterocycles. The Kier molecular flexibility index (Phi) is 5.55. The molecule has 1 aromatic rings. The second kappa shape index (κ2) is 7.83. The Bertz CT molecular complexity index is 572. The van der Waals surface area contributed by atoms with Crippen LogP contribution in [-0.2, 0) is 4.74 Å². The summed E-state index contributed by atoms with van der Waals surface area (Å²) in [5, 5.41) is 9.90. The molecule has 1 atom stereocenters. The van der Waals surface area contributed by atoms with Crippen LogP contribution in [0.25, 0.3) is 0 Å². The number of carbonyl (C=O) groups is 1. The molecule has 1 aromatic carbocycles. The van der Waals surface area contributed by atoms with Crippen LogP contribution in [0.2, 0.25) is 0 Å². The molecular weight excluding hydrogens is 312 g/mol. The first-order chi connectivity index (χ1) is 11.7. The molecule has 3 rings (SSSR count). The first kappa shape index (κ1) is 17.0. The van der Waals surface area contributed by atoms with E-state index in [0.717, 1.165) is 13.1 Å². The zero-order valence-electron chi connectivity index (χ0n) is 13.9. The SMILES string of the molecule is CCOC[C@H](O)CN1CCN(C(=O)c2ccc3c(c2)OCO3)CC1. The van der Waals surface area contributed by atoms with Gasteiger partial charge < -0.3 is 24.2 Å². The lowest BCUT2D eigenvalue weighted by Crippen LogP contribution is -2.50. The third-order valence-corrected chi connectivity index (χ3v) is 4.26. The van der Waals surface area contributed by atoms with Crippen LogP contribution in [-0.4, -0.2) is 79.6 Å². The molecule has 24 heavy (non-hydrogen) atoms. The van der Waals surface area contributed by atoms with E-state index >= 15 is 0 Å². The highest BCUT2D eigenvalue weighted by atomic mass is 16.7. The number of aliphatic hydroxyl groups is 1. The fraction of sp³-hybridized carbons (Fsp3) is 0.588. The van der Waals surface area contributed by atoms with Gasteiger partial charge in [0.1, 0.15) is 0 Å². The van der Waals surface area contributed by atoms with Gasteiger partial charge in [0, 0.05) is 44.9 Å². The molecule has 1 saturated heterocycles. The quantitative estimate of drug-likeness (QED) is 0.819. The molecule has 7 nitrogen and oxygen atoms in total. The lowest BCUT2D eigenvalue weighted by atomic mass is 10.1. The van der Waals surface area contributed by atoms with Crippen LogP contribution in [0.3, 0.4) is 0 Å². The number of nitrogens with zero attached hydrogens (tertiary/aromatic N) is 2. The summed E-state index contributed by atoms with van der Waals surface area (Å²) in [6.07, 6.45) is -0.485. The molecule has 0 saturated carbocycles. The van der Waals surface area contributed by atoms with Crippen molar-refractivity contribution in [2.75, 3.05) is 52.7 Å². The second-order valence-electron chi connectivity index (χ2n) is 5.97. The highest BCUT2D eigenvalue weighted by Gasteiger charge is 2.25. The summed E-state index contributed by atoms with van der Waals surface area (Å²) in [7, 11) is 0. The normalized spacial score (nSPS) is 18.7. The molecule has 1 amide bonds. The summed E-state index contributed by atoms with van der Waals surface area (Å²) in [4.78, 5) is 16.6. The van der Waals surface area contributed by atoms with E-state index in [1.165, 1.54) is 0 Å². The smallest absolute Gasteiger partial charge is 0.254 e. The average Bonchev–Trinajstić information content (AvgIpc) is 3.07. The summed E-state index contributed by atoms with van der Waals surface area (Å²) in [5.74, 6) is 1.31. The number of hydrogen-bond acceptors (Lipinski definition) is 6. The van der Waals surface area contributed by atoms with Gasteiger partial charge in [-0.25, -0.2) is 0 Å². The zero-order valence-corrected chi connectivity index (χ0v) is 13.9. The number of ether oxygens (including phenoxy) is 3. The Hall–Kier alpha value is -1.83. The molecule has 2 aliphatic rings. The Balaban J connectivity index is 1.50. The molecule has 0 radical (unpaired) electrons. The number of aliphatic hydroxyl groups excluding tert-OH is 1. The molecule has 0 spiro atoms. The standard InChI is InChI=1S/C17H24N2O5/c1-2-22-11-14(20)10-18-5-7-19(8-6-18)17(21)13-3-4-15-16(9-13)24-12-23-15/h3-4,9,14,20H,2,5-8,10-12H2,1H3/t14-/m1/s1. The molecule has 0 unspecified atom stereocenters. The van der Waals surface area contributed by atoms with E-state index in [1.54, 1.807) is 18.2 Å². The van der Waals surface area contributed by atoms with Gasteiger partial charge in [0.15, 0.2) is 11.5 Å². The van der Waals surface area contributed by atoms with E-state index in [9.17, 15) is 9.90 Å². The van der Waals surface area contributed by atoms with Gasteiger partial charge >= 0.3 is 0 Å². The summed E-state index contributed by atoms with van der Waals surface area (Å²) in [5.41, 5.74) is 0.615. The number of piperazine rings is 1. The van der Waals surface area contributed by atoms with Crippen molar-refractivity contribution in [1.82, 2.24) is 9.80 Å². The topological polar surface area (TPSA) is 71.5 Å². The number of β-amino-alcohol motifs (C(OH)–C–C–N with tert-alkyl or cyclic N) is 1. The van der Waals surface area contributed by atoms with Crippen molar-refractivity contribution in [3.8, 4) is 11.5 Å². The van der Waals surface area contributed by atoms with Gasteiger partial charge in [0.05, 0.1) is 12.7 Å². The van der Waals surface area contributed by atoms with Crippen molar-refractivity contribution in [3.05, 3.63) is 23.8 Å². The highest BCUT2D eigenvalue weighted by Crippen LogP contribution is 2.32. The van der Waals surface area contributed by atoms with Crippen molar-refractivity contribution >= 4 is 5.91 Å². The third kappa shape index (κ3) is 3.98. The van der Waals surface area contributed by atoms with Crippen molar-refractivity contribution in [3.63, 3.8) is 0 Å². The second-order valence-corrected chi connectivity index (χ2v) is 5.97. The van der Waals surface area contributed by atoms with Gasteiger partial charge in [-0.2, -0.15) is 0 Å². The Morgan fingerprint density at radius 3 is 2.75 bits per heavy atom. The minimum absolute atomic E-state index is 0.00261. The molecule has 132 valence electrons. The maximum atomic E-state index is 12.6. The van der Waals surface area contributed by atoms with E-state index in [1.807, 2.05) is 11.8 Å². The molecule has 2 heterocycles. The summed E-state index contributed by atoms with van der Waals surface area (Å²) < 4.78 is 15.8. The van der Waals surface area contributed by atoms with Gasteiger partial charge in [-0.05, 0) is 25.1 Å². The maximum absolute atomic E-state index is 12.6. The maximum Gasteiger partial charge on any atom is 0.254 e. The van der Waals surface area contributed by atoms with E-state index in [2.05, 4.69) is 4.90 Å². The van der Waals surface area contributed by atoms with Crippen molar-refractivity contribution in [2.24, 2.45) is 0 Å². The Morgan fingerprint density at radius 1 is 1.25 bits per heavy atom. The summed E-state index contributed by atoms with van der Waals surface area (Å²) in [6.45, 7) is 6.44. The molecule has 1 N–H and O–H groups in total. The van der Waals surface area contributed by atoms with Gasteiger partial charge in [-0.1, -0.05) is 0 Å². The van der Waals surface area contributed by atoms with Crippen LogP contribution in [0.5, 0.6) is 11.5 Å². The fourth-order valence-corrected chi connectivity index (χ4v) is 2.95. The van der Waals surface area contributed by atoms with E-state index in [-0.39, 0.29) is 12.7 Å². The zero-order chi connectivity index (χ0) is 16.9. The third-order valence-electron chi connectivity index (χ3n) is 4.26. The summed E-state index contributed by atoms with van der Waals surface area (Å²) in [6, 6.07) is 5.28. The average molecular weight is 336 g/mol. The Morgan fingerprint density at radius 2 is 2.00 bits per heavy atom. The number of benzene rings is 1. The lowest BCUT2D eigenvalue weighted by Gasteiger charge is -2.35. The number of hydrogen-bond donors (Lipinski definition) is 1. The predicted molar refractivity (Wildman–Crippen MR) is 87.4 cm³/mol. The minimum atomic E-state index is -0.485. The van der Waals surface area contributed by atoms with Crippen molar-refractivity contribution in [2.45, 2.75) is 13.0 Å². The molecular formula is C17H24N2O5. The van der Waals surface area contributed by atoms with E-state index < -0.39 is 6.10 Å². The van der Waals surface area contributed by atoms with Crippen LogP contribution in [0.1, 0.15) is 17.3 Å². The number of amides is 1. The predicted octanol–water partition coefficient (Wildman–Crippen LogP) is 0.570. The number of fused-ring (bicyclic) bond motifs is 1. The molecule has 2 aliphatic heterocycles. The van der Waals surface area contributed by atoms with Crippen molar-refractivity contribution < 1.29 is 24.1 Å². The molecule has 1 fully saturated rings. The fourth-order valence-electron chi connectivity index (χ4n) is 2.95. The summed E-state index contributed by atoms with van der Waals surface area (Å²) >= 11 is 0. The largest absolute Gasteiger partial charge is 0.454 e. The Labute approximate surface area is 141 Å². The van der Waals surface area contributed by atoms with Gasteiger partial charge in [-0.15, -0.1) is 0 Å². The van der Waals surface area contributed by atoms with E-state index in [4.69, 9.17) is 14.2 Å². The van der Waals surface area contributed by atoms with E-state index in [0.29, 0.717) is 49.9 Å². The van der Waals surface area contributed by atoms with Gasteiger partial charge in [-0.3, -0.25) is 9.69 Å². The first-order valence-electron chi connectivity index (χ1n) is 8.34. The molecule has 0 aliphatic carbocycles. The van der Waals surface area contributed by atoms with Crippen LogP contribution in [0, 0.1) is 0 Å². The highest BCUT2D eigenvalue weighted by molar-refractivity contribution is 5.95. The van der Waals surface area contributed by atoms with Crippen LogP contribution < -0.4 is 9.47 Å². The van der Waals surface area contributed by atoms with Gasteiger partial charge in [0.25, 0.3) is 5.91 Å². The molecule has 0 bridgehead atoms. The lowest BCUT2D eigenvalue weighted by molar-refractivity contribution is 0.0111. The van der Waals surface area contributed by atoms with Gasteiger partial charge in [0.2, 0.25) is 6.79 Å². The molecule has 7 heteroatoms. The minimum Gasteiger partial charge on any atom is -0.454 e. The first-order valence-corrected chi connectivity index (χ1v) is 8.34. The van der Waals surface area contributed by atoms with Crippen LogP contribution in [0.4, 0.5) is 0 Å². The monoisotopic (exact) mass is 336 g/mol. The van der Waals surface area contributed by atoms with Crippen LogP contribution in [0.15, 0.2) is 18.2 Å². The number of rotatable bonds is 6. The van der Waals surface area contributed by atoms with Crippen molar-refractivity contribution in [1.29, 1.82) is 0 Å². The number of carbonyl (C=O) groups excluding carboxylic acids is 1.